The number of amides is 1. The molecule has 0 bridgehead atoms. The summed E-state index contributed by atoms with van der Waals surface area (Å²) >= 11 is 13.9. The maximum absolute atomic E-state index is 12.7. The van der Waals surface area contributed by atoms with E-state index in [9.17, 15) is 14.9 Å². The smallest absolute Gasteiger partial charge is 0.271 e. The van der Waals surface area contributed by atoms with Crippen LogP contribution < -0.4 is 5.32 Å². The number of aryl methyl sites for hydroxylation is 2. The van der Waals surface area contributed by atoms with Gasteiger partial charge in [0.15, 0.2) is 11.0 Å². The van der Waals surface area contributed by atoms with Crippen molar-refractivity contribution in [1.29, 1.82) is 0 Å². The van der Waals surface area contributed by atoms with E-state index in [4.69, 9.17) is 23.2 Å². The van der Waals surface area contributed by atoms with Gasteiger partial charge in [0.25, 0.3) is 5.69 Å². The van der Waals surface area contributed by atoms with Gasteiger partial charge in [-0.25, -0.2) is 0 Å². The van der Waals surface area contributed by atoms with Gasteiger partial charge in [0.05, 0.1) is 21.4 Å². The first kappa shape index (κ1) is 26.7. The van der Waals surface area contributed by atoms with E-state index in [-0.39, 0.29) is 17.3 Å². The third-order valence-electron chi connectivity index (χ3n) is 5.67. The number of non-ortho nitro benzene ring substituents is 1. The van der Waals surface area contributed by atoms with Crippen molar-refractivity contribution in [3.63, 3.8) is 0 Å². The van der Waals surface area contributed by atoms with Gasteiger partial charge in [-0.15, -0.1) is 10.2 Å². The first-order chi connectivity index (χ1) is 17.8. The number of nitrogens with one attached hydrogen (secondary N) is 1. The number of rotatable bonds is 9. The van der Waals surface area contributed by atoms with Crippen LogP contribution in [0.5, 0.6) is 0 Å². The standard InChI is InChI=1S/C26H23Cl2N5O3S/c1-3-16-7-5-8-17(4-2)24(16)32-25(21-12-11-18(27)13-22(21)28)30-31-26(32)37-15-23(34)29-19-9-6-10-20(14-19)33(35)36/h5-14H,3-4,15H2,1-2H3,(H,29,34). The molecule has 37 heavy (non-hydrogen) atoms. The number of para-hydroxylation sites is 1. The van der Waals surface area contributed by atoms with Crippen molar-refractivity contribution in [1.82, 2.24) is 14.8 Å². The van der Waals surface area contributed by atoms with Crippen LogP contribution in [0.3, 0.4) is 0 Å². The minimum absolute atomic E-state index is 0.0188. The fourth-order valence-electron chi connectivity index (χ4n) is 3.94. The summed E-state index contributed by atoms with van der Waals surface area (Å²) in [5.41, 5.74) is 4.08. The van der Waals surface area contributed by atoms with Crippen LogP contribution >= 0.6 is 35.0 Å². The number of benzene rings is 3. The van der Waals surface area contributed by atoms with Crippen LogP contribution in [0, 0.1) is 10.1 Å². The molecule has 0 unspecified atom stereocenters. The fourth-order valence-corrected chi connectivity index (χ4v) is 5.17. The highest BCUT2D eigenvalue weighted by Crippen LogP contribution is 2.36. The average Bonchev–Trinajstić information content (AvgIpc) is 3.30. The molecule has 0 saturated heterocycles. The summed E-state index contributed by atoms with van der Waals surface area (Å²) in [6, 6.07) is 17.2. The maximum Gasteiger partial charge on any atom is 0.271 e. The molecule has 0 aliphatic rings. The Labute approximate surface area is 228 Å². The van der Waals surface area contributed by atoms with Crippen molar-refractivity contribution < 1.29 is 9.72 Å². The summed E-state index contributed by atoms with van der Waals surface area (Å²) in [5.74, 6) is 0.231. The van der Waals surface area contributed by atoms with Crippen LogP contribution in [0.15, 0.2) is 65.8 Å². The van der Waals surface area contributed by atoms with Crippen LogP contribution in [-0.4, -0.2) is 31.3 Å². The highest BCUT2D eigenvalue weighted by Gasteiger charge is 2.22. The number of aromatic nitrogens is 3. The molecular weight excluding hydrogens is 533 g/mol. The van der Waals surface area contributed by atoms with Gasteiger partial charge < -0.3 is 5.32 Å². The molecule has 4 aromatic rings. The molecule has 0 spiro atoms. The lowest BCUT2D eigenvalue weighted by Crippen LogP contribution is -2.15. The molecule has 0 radical (unpaired) electrons. The number of thioether (sulfide) groups is 1. The van der Waals surface area contributed by atoms with E-state index in [1.54, 1.807) is 24.3 Å². The highest BCUT2D eigenvalue weighted by molar-refractivity contribution is 7.99. The summed E-state index contributed by atoms with van der Waals surface area (Å²) in [6.07, 6.45) is 1.57. The van der Waals surface area contributed by atoms with Crippen molar-refractivity contribution >= 4 is 52.2 Å². The molecule has 190 valence electrons. The third kappa shape index (κ3) is 5.95. The van der Waals surface area contributed by atoms with Crippen molar-refractivity contribution in [3.8, 4) is 17.1 Å². The molecule has 0 fully saturated rings. The predicted octanol–water partition coefficient (Wildman–Crippen LogP) is 7.00. The zero-order chi connectivity index (χ0) is 26.5. The molecular formula is C26H23Cl2N5O3S. The number of carbonyl (C=O) groups is 1. The zero-order valence-corrected chi connectivity index (χ0v) is 22.4. The Morgan fingerprint density at radius 1 is 1.03 bits per heavy atom. The molecule has 8 nitrogen and oxygen atoms in total. The number of nitrogens with zero attached hydrogens (tertiary/aromatic N) is 4. The third-order valence-corrected chi connectivity index (χ3v) is 7.14. The topological polar surface area (TPSA) is 103 Å². The lowest BCUT2D eigenvalue weighted by atomic mass is 10.0. The van der Waals surface area contributed by atoms with Gasteiger partial charge in [-0.2, -0.15) is 0 Å². The van der Waals surface area contributed by atoms with E-state index in [1.807, 2.05) is 10.6 Å². The second-order valence-corrected chi connectivity index (χ2v) is 9.83. The van der Waals surface area contributed by atoms with Gasteiger partial charge in [0.2, 0.25) is 5.91 Å². The van der Waals surface area contributed by atoms with Crippen molar-refractivity contribution in [2.45, 2.75) is 31.8 Å². The molecule has 0 aliphatic carbocycles. The first-order valence-electron chi connectivity index (χ1n) is 11.5. The molecule has 3 aromatic carbocycles. The van der Waals surface area contributed by atoms with Crippen LogP contribution in [0.1, 0.15) is 25.0 Å². The monoisotopic (exact) mass is 555 g/mol. The zero-order valence-electron chi connectivity index (χ0n) is 20.1. The quantitative estimate of drug-likeness (QED) is 0.135. The number of nitro groups is 1. The molecule has 0 aliphatic heterocycles. The summed E-state index contributed by atoms with van der Waals surface area (Å²) < 4.78 is 1.94. The van der Waals surface area contributed by atoms with E-state index in [0.29, 0.717) is 32.3 Å². The highest BCUT2D eigenvalue weighted by atomic mass is 35.5. The summed E-state index contributed by atoms with van der Waals surface area (Å²) in [6.45, 7) is 4.16. The van der Waals surface area contributed by atoms with Gasteiger partial charge in [-0.05, 0) is 48.2 Å². The van der Waals surface area contributed by atoms with E-state index in [0.717, 1.165) is 29.7 Å². The van der Waals surface area contributed by atoms with Gasteiger partial charge in [0, 0.05) is 28.4 Å². The second-order valence-electron chi connectivity index (χ2n) is 8.04. The molecule has 1 N–H and O–H groups in total. The minimum Gasteiger partial charge on any atom is -0.325 e. The van der Waals surface area contributed by atoms with Gasteiger partial charge in [-0.3, -0.25) is 19.5 Å². The van der Waals surface area contributed by atoms with Crippen molar-refractivity contribution in [2.24, 2.45) is 0 Å². The van der Waals surface area contributed by atoms with Crippen LogP contribution in [0.4, 0.5) is 11.4 Å². The second kappa shape index (κ2) is 11.8. The average molecular weight is 556 g/mol. The number of halogens is 2. The Bertz CT molecular complexity index is 1450. The van der Waals surface area contributed by atoms with Crippen molar-refractivity contribution in [3.05, 3.63) is 92.0 Å². The van der Waals surface area contributed by atoms with Gasteiger partial charge in [-0.1, -0.05) is 73.1 Å². The maximum atomic E-state index is 12.7. The Morgan fingerprint density at radius 2 is 1.73 bits per heavy atom. The first-order valence-corrected chi connectivity index (χ1v) is 13.3. The lowest BCUT2D eigenvalue weighted by Gasteiger charge is -2.18. The molecule has 11 heteroatoms. The molecule has 0 atom stereocenters. The Hall–Kier alpha value is -3.40. The predicted molar refractivity (Wildman–Crippen MR) is 148 cm³/mol. The van der Waals surface area contributed by atoms with Crippen LogP contribution in [0.25, 0.3) is 17.1 Å². The summed E-state index contributed by atoms with van der Waals surface area (Å²) in [4.78, 5) is 23.3. The number of nitro benzene ring substituents is 1. The number of hydrogen-bond donors (Lipinski definition) is 1. The Morgan fingerprint density at radius 3 is 2.38 bits per heavy atom. The minimum atomic E-state index is -0.507. The van der Waals surface area contributed by atoms with E-state index in [2.05, 4.69) is 41.5 Å². The Kier molecular flexibility index (Phi) is 8.48. The van der Waals surface area contributed by atoms with Gasteiger partial charge in [0.1, 0.15) is 0 Å². The molecule has 1 heterocycles. The van der Waals surface area contributed by atoms with E-state index >= 15 is 0 Å². The van der Waals surface area contributed by atoms with E-state index in [1.165, 1.54) is 30.0 Å². The normalized spacial score (nSPS) is 10.9. The number of hydrogen-bond acceptors (Lipinski definition) is 6. The number of anilines is 1. The Balaban J connectivity index is 1.71. The molecule has 0 saturated carbocycles. The lowest BCUT2D eigenvalue weighted by molar-refractivity contribution is -0.384. The summed E-state index contributed by atoms with van der Waals surface area (Å²) in [7, 11) is 0. The van der Waals surface area contributed by atoms with Crippen molar-refractivity contribution in [2.75, 3.05) is 11.1 Å². The summed E-state index contributed by atoms with van der Waals surface area (Å²) in [5, 5.41) is 24.1. The van der Waals surface area contributed by atoms with Crippen LogP contribution in [-0.2, 0) is 17.6 Å². The van der Waals surface area contributed by atoms with E-state index < -0.39 is 4.92 Å². The fraction of sp³-hybridized carbons (Fsp3) is 0.192. The largest absolute Gasteiger partial charge is 0.325 e. The van der Waals surface area contributed by atoms with Gasteiger partial charge >= 0.3 is 0 Å². The number of carbonyl (C=O) groups excluding carboxylic acids is 1. The van der Waals surface area contributed by atoms with Crippen LogP contribution in [0.2, 0.25) is 10.0 Å². The SMILES string of the molecule is CCc1cccc(CC)c1-n1c(SCC(=O)Nc2cccc([N+](=O)[O-])c2)nnc1-c1ccc(Cl)cc1Cl. The molecule has 4 rings (SSSR count). The molecule has 1 amide bonds. The molecule has 1 aromatic heterocycles.